The van der Waals surface area contributed by atoms with Gasteiger partial charge in [0.2, 0.25) is 0 Å². The van der Waals surface area contributed by atoms with Gasteiger partial charge in [-0.2, -0.15) is 0 Å². The third-order valence-electron chi connectivity index (χ3n) is 3.77. The largest absolute Gasteiger partial charge is 0.323 e. The zero-order valence-corrected chi connectivity index (χ0v) is 14.2. The Hall–Kier alpha value is -2.00. The fraction of sp³-hybridized carbons (Fsp3) is 0.571. The highest BCUT2D eigenvalue weighted by molar-refractivity contribution is 7.09. The topological polar surface area (TPSA) is 79.2 Å². The van der Waals surface area contributed by atoms with Gasteiger partial charge >= 0.3 is 6.03 Å². The summed E-state index contributed by atoms with van der Waals surface area (Å²) < 4.78 is 1.57. The van der Waals surface area contributed by atoms with Crippen molar-refractivity contribution in [1.29, 1.82) is 0 Å². The Bertz CT molecular complexity index is 668. The average Bonchev–Trinajstić information content (AvgIpc) is 3.02. The van der Waals surface area contributed by atoms with Gasteiger partial charge in [-0.05, 0) is 13.3 Å². The van der Waals surface area contributed by atoms with E-state index in [9.17, 15) is 4.79 Å². The van der Waals surface area contributed by atoms with Crippen molar-refractivity contribution in [2.45, 2.75) is 19.9 Å². The Morgan fingerprint density at radius 3 is 2.91 bits per heavy atom. The highest BCUT2D eigenvalue weighted by atomic mass is 32.1. The minimum atomic E-state index is -0.114. The van der Waals surface area contributed by atoms with E-state index in [2.05, 4.69) is 30.9 Å². The molecule has 0 radical (unpaired) electrons. The molecule has 0 aliphatic carbocycles. The first kappa shape index (κ1) is 15.9. The number of hydrogen-bond acceptors (Lipinski definition) is 6. The normalized spacial score (nSPS) is 16.3. The van der Waals surface area contributed by atoms with Crippen LogP contribution >= 0.6 is 11.3 Å². The fourth-order valence-electron chi connectivity index (χ4n) is 2.64. The molecular weight excluding hydrogens is 314 g/mol. The first-order valence-electron chi connectivity index (χ1n) is 7.66. The number of aryl methyl sites for hydroxylation is 2. The lowest BCUT2D eigenvalue weighted by atomic mass is 10.3. The number of anilines is 1. The van der Waals surface area contributed by atoms with Crippen molar-refractivity contribution >= 4 is 23.2 Å². The molecule has 23 heavy (non-hydrogen) atoms. The minimum Gasteiger partial charge on any atom is -0.323 e. The monoisotopic (exact) mass is 335 g/mol. The molecule has 2 amide bonds. The smallest absolute Gasteiger partial charge is 0.323 e. The van der Waals surface area contributed by atoms with Gasteiger partial charge in [0, 0.05) is 45.2 Å². The highest BCUT2D eigenvalue weighted by Crippen LogP contribution is 2.13. The number of rotatable bonds is 3. The van der Waals surface area contributed by atoms with Gasteiger partial charge in [-0.1, -0.05) is 5.21 Å². The molecule has 8 nitrogen and oxygen atoms in total. The lowest BCUT2D eigenvalue weighted by Gasteiger charge is -2.21. The standard InChI is InChI=1S/C14H21N7OS/c1-11-15-12(10-23-11)8-20-4-3-5-21(7-6-20)14(22)16-13-9-19(2)18-17-13/h9-10H,3-8H2,1-2H3,(H,16,22). The van der Waals surface area contributed by atoms with Crippen molar-refractivity contribution in [1.82, 2.24) is 29.8 Å². The third kappa shape index (κ3) is 4.26. The number of nitrogens with one attached hydrogen (secondary N) is 1. The number of carbonyl (C=O) groups excluding carboxylic acids is 1. The summed E-state index contributed by atoms with van der Waals surface area (Å²) in [7, 11) is 1.77. The number of amides is 2. The summed E-state index contributed by atoms with van der Waals surface area (Å²) in [6, 6.07) is -0.114. The van der Waals surface area contributed by atoms with Gasteiger partial charge in [0.25, 0.3) is 0 Å². The van der Waals surface area contributed by atoms with E-state index >= 15 is 0 Å². The number of aromatic nitrogens is 4. The Balaban J connectivity index is 1.52. The quantitative estimate of drug-likeness (QED) is 0.915. The number of carbonyl (C=O) groups is 1. The Labute approximate surface area is 139 Å². The lowest BCUT2D eigenvalue weighted by Crippen LogP contribution is -2.38. The molecule has 9 heteroatoms. The second kappa shape index (κ2) is 7.05. The molecule has 1 aliphatic heterocycles. The summed E-state index contributed by atoms with van der Waals surface area (Å²) >= 11 is 1.68. The van der Waals surface area contributed by atoms with Gasteiger partial charge < -0.3 is 4.90 Å². The lowest BCUT2D eigenvalue weighted by molar-refractivity contribution is 0.210. The van der Waals surface area contributed by atoms with E-state index in [4.69, 9.17) is 0 Å². The molecular formula is C14H21N7OS. The van der Waals surface area contributed by atoms with Crippen molar-refractivity contribution in [3.8, 4) is 0 Å². The third-order valence-corrected chi connectivity index (χ3v) is 4.59. The van der Waals surface area contributed by atoms with Crippen LogP contribution in [0.1, 0.15) is 17.1 Å². The molecule has 0 bridgehead atoms. The molecule has 1 fully saturated rings. The Morgan fingerprint density at radius 2 is 2.22 bits per heavy atom. The zero-order valence-electron chi connectivity index (χ0n) is 13.4. The molecule has 0 atom stereocenters. The van der Waals surface area contributed by atoms with E-state index in [-0.39, 0.29) is 6.03 Å². The second-order valence-corrected chi connectivity index (χ2v) is 6.74. The molecule has 0 unspecified atom stereocenters. The van der Waals surface area contributed by atoms with Crippen molar-refractivity contribution in [2.75, 3.05) is 31.5 Å². The molecule has 0 spiro atoms. The SMILES string of the molecule is Cc1nc(CN2CCCN(C(=O)Nc3cn(C)nn3)CC2)cs1. The first-order chi connectivity index (χ1) is 11.1. The van der Waals surface area contributed by atoms with Crippen LogP contribution < -0.4 is 5.32 Å². The molecule has 124 valence electrons. The van der Waals surface area contributed by atoms with Gasteiger partial charge in [-0.15, -0.1) is 16.4 Å². The van der Waals surface area contributed by atoms with Gasteiger partial charge in [0.15, 0.2) is 5.82 Å². The Morgan fingerprint density at radius 1 is 1.35 bits per heavy atom. The molecule has 3 heterocycles. The summed E-state index contributed by atoms with van der Waals surface area (Å²) in [6.07, 6.45) is 2.64. The van der Waals surface area contributed by atoms with Crippen LogP contribution in [0.25, 0.3) is 0 Å². The molecule has 0 saturated carbocycles. The van der Waals surface area contributed by atoms with Crippen molar-refractivity contribution in [3.63, 3.8) is 0 Å². The maximum Gasteiger partial charge on any atom is 0.323 e. The van der Waals surface area contributed by atoms with Crippen LogP contribution in [0.3, 0.4) is 0 Å². The van der Waals surface area contributed by atoms with E-state index in [1.807, 2.05) is 11.8 Å². The minimum absolute atomic E-state index is 0.114. The highest BCUT2D eigenvalue weighted by Gasteiger charge is 2.20. The van der Waals surface area contributed by atoms with Crippen molar-refractivity contribution in [2.24, 2.45) is 7.05 Å². The summed E-state index contributed by atoms with van der Waals surface area (Å²) in [5, 5.41) is 13.7. The van der Waals surface area contributed by atoms with E-state index in [1.165, 1.54) is 0 Å². The molecule has 1 aliphatic rings. The van der Waals surface area contributed by atoms with Crippen molar-refractivity contribution in [3.05, 3.63) is 22.3 Å². The van der Waals surface area contributed by atoms with Crippen LogP contribution in [0.4, 0.5) is 10.6 Å². The van der Waals surface area contributed by atoms with Crippen LogP contribution in [0.15, 0.2) is 11.6 Å². The van der Waals surface area contributed by atoms with Crippen LogP contribution in [-0.4, -0.2) is 62.0 Å². The number of urea groups is 1. The van der Waals surface area contributed by atoms with Crippen LogP contribution in [0, 0.1) is 6.92 Å². The van der Waals surface area contributed by atoms with Gasteiger partial charge in [0.1, 0.15) is 0 Å². The second-order valence-electron chi connectivity index (χ2n) is 5.68. The molecule has 3 rings (SSSR count). The maximum absolute atomic E-state index is 12.3. The number of hydrogen-bond donors (Lipinski definition) is 1. The van der Waals surface area contributed by atoms with Crippen LogP contribution in [0.5, 0.6) is 0 Å². The van der Waals surface area contributed by atoms with Crippen LogP contribution in [-0.2, 0) is 13.6 Å². The Kier molecular flexibility index (Phi) is 4.87. The molecule has 2 aromatic rings. The summed E-state index contributed by atoms with van der Waals surface area (Å²) in [5.41, 5.74) is 1.12. The summed E-state index contributed by atoms with van der Waals surface area (Å²) in [4.78, 5) is 21.0. The summed E-state index contributed by atoms with van der Waals surface area (Å²) in [6.45, 7) is 6.16. The van der Waals surface area contributed by atoms with Crippen LogP contribution in [0.2, 0.25) is 0 Å². The fourth-order valence-corrected chi connectivity index (χ4v) is 3.24. The van der Waals surface area contributed by atoms with E-state index in [1.54, 1.807) is 29.3 Å². The van der Waals surface area contributed by atoms with Gasteiger partial charge in [-0.25, -0.2) is 9.78 Å². The van der Waals surface area contributed by atoms with Gasteiger partial charge in [-0.3, -0.25) is 14.9 Å². The predicted molar refractivity (Wildman–Crippen MR) is 88.3 cm³/mol. The molecule has 2 aromatic heterocycles. The maximum atomic E-state index is 12.3. The molecule has 1 saturated heterocycles. The number of nitrogens with zero attached hydrogens (tertiary/aromatic N) is 6. The average molecular weight is 335 g/mol. The van der Waals surface area contributed by atoms with E-state index in [0.717, 1.165) is 43.3 Å². The number of thiazole rings is 1. The first-order valence-corrected chi connectivity index (χ1v) is 8.54. The van der Waals surface area contributed by atoms with E-state index in [0.29, 0.717) is 12.4 Å². The molecule has 0 aromatic carbocycles. The van der Waals surface area contributed by atoms with E-state index < -0.39 is 0 Å². The summed E-state index contributed by atoms with van der Waals surface area (Å²) in [5.74, 6) is 0.483. The predicted octanol–water partition coefficient (Wildman–Crippen LogP) is 1.32. The van der Waals surface area contributed by atoms with Crippen molar-refractivity contribution < 1.29 is 4.79 Å². The zero-order chi connectivity index (χ0) is 16.2. The molecule has 1 N–H and O–H groups in total. The van der Waals surface area contributed by atoms with Gasteiger partial charge in [0.05, 0.1) is 16.9 Å².